The molecule has 39 heavy (non-hydrogen) atoms. The van der Waals surface area contributed by atoms with E-state index >= 15 is 0 Å². The predicted molar refractivity (Wildman–Crippen MR) is 150 cm³/mol. The van der Waals surface area contributed by atoms with Crippen LogP contribution in [0.2, 0.25) is 0 Å². The number of nitrogens with zero attached hydrogens (tertiary/aromatic N) is 2. The van der Waals surface area contributed by atoms with Crippen LogP contribution in [0.4, 0.5) is 24.7 Å². The lowest BCUT2D eigenvalue weighted by Crippen LogP contribution is -2.45. The van der Waals surface area contributed by atoms with Crippen molar-refractivity contribution < 1.29 is 27.6 Å². The fourth-order valence-corrected chi connectivity index (χ4v) is 5.92. The van der Waals surface area contributed by atoms with Crippen molar-refractivity contribution in [1.29, 1.82) is 0 Å². The van der Waals surface area contributed by atoms with E-state index in [1.54, 1.807) is 49.7 Å². The molecule has 1 saturated heterocycles. The van der Waals surface area contributed by atoms with Gasteiger partial charge in [-0.25, -0.2) is 4.52 Å². The molecule has 1 fully saturated rings. The average molecular weight is 582 g/mol. The standard InChI is InChI=1S/C26H31F3N5O3PS/c1-37-23-14-18(38(2,3)36)9-10-20(23)31-12-5-6-21-25(39-26(27,28)29)22-7-4-8-24(34(22)33-21)32-19-11-13-30-15-17(19)16-35/h4,7-10,14,17,19,30-32,35H,11-13,15-16H2,1-3H3/t17-,19+/m0/s1. The van der Waals surface area contributed by atoms with Gasteiger partial charge in [0.2, 0.25) is 0 Å². The largest absolute Gasteiger partial charge is 0.495 e. The maximum atomic E-state index is 13.5. The Hall–Kier alpha value is -2.84. The molecule has 0 amide bonds. The number of aromatic nitrogens is 2. The topological polar surface area (TPSA) is 99.9 Å². The number of fused-ring (bicyclic) bond motifs is 1. The van der Waals surface area contributed by atoms with Gasteiger partial charge in [-0.05, 0) is 74.3 Å². The predicted octanol–water partition coefficient (Wildman–Crippen LogP) is 4.05. The number of rotatable bonds is 8. The summed E-state index contributed by atoms with van der Waals surface area (Å²) >= 11 is -0.243. The van der Waals surface area contributed by atoms with Gasteiger partial charge in [0.25, 0.3) is 0 Å². The fraction of sp³-hybridized carbons (Fsp3) is 0.423. The molecule has 8 nitrogen and oxygen atoms in total. The lowest BCUT2D eigenvalue weighted by atomic mass is 9.94. The minimum absolute atomic E-state index is 0.0115. The number of aliphatic hydroxyl groups is 1. The first-order valence-electron chi connectivity index (χ1n) is 12.3. The molecule has 3 heterocycles. The molecular formula is C26H31F3N5O3PS. The highest BCUT2D eigenvalue weighted by Crippen LogP contribution is 2.41. The van der Waals surface area contributed by atoms with Gasteiger partial charge in [-0.1, -0.05) is 12.0 Å². The van der Waals surface area contributed by atoms with Gasteiger partial charge in [-0.2, -0.15) is 18.3 Å². The Balaban J connectivity index is 1.61. The van der Waals surface area contributed by atoms with E-state index < -0.39 is 12.7 Å². The SMILES string of the molecule is COc1cc(P(C)(C)=O)ccc1NCC#Cc1nn2c(N[C@@H]3CCNC[C@H]3CO)cccc2c1SC(F)(F)F. The third kappa shape index (κ3) is 7.22. The molecule has 0 aliphatic carbocycles. The number of anilines is 2. The molecule has 1 aliphatic heterocycles. The number of thioether (sulfide) groups is 1. The summed E-state index contributed by atoms with van der Waals surface area (Å²) in [6, 6.07) is 10.1. The van der Waals surface area contributed by atoms with Gasteiger partial charge < -0.3 is 30.4 Å². The van der Waals surface area contributed by atoms with Crippen LogP contribution in [0.3, 0.4) is 0 Å². The summed E-state index contributed by atoms with van der Waals surface area (Å²) in [6.45, 7) is 4.86. The van der Waals surface area contributed by atoms with Crippen LogP contribution in [-0.4, -0.2) is 73.0 Å². The fourth-order valence-electron chi connectivity index (χ4n) is 4.38. The molecule has 4 rings (SSSR count). The average Bonchev–Trinajstić information content (AvgIpc) is 3.23. The van der Waals surface area contributed by atoms with Crippen LogP contribution in [0.1, 0.15) is 12.1 Å². The van der Waals surface area contributed by atoms with Crippen LogP contribution in [0.5, 0.6) is 5.75 Å². The smallest absolute Gasteiger partial charge is 0.446 e. The molecule has 1 aromatic carbocycles. The van der Waals surface area contributed by atoms with Crippen LogP contribution in [0.25, 0.3) is 5.52 Å². The van der Waals surface area contributed by atoms with Crippen molar-refractivity contribution in [3.63, 3.8) is 0 Å². The minimum Gasteiger partial charge on any atom is -0.495 e. The maximum absolute atomic E-state index is 13.5. The van der Waals surface area contributed by atoms with Crippen LogP contribution in [-0.2, 0) is 4.57 Å². The van der Waals surface area contributed by atoms with Crippen LogP contribution in [0, 0.1) is 17.8 Å². The Morgan fingerprint density at radius 2 is 2.10 bits per heavy atom. The molecule has 0 radical (unpaired) electrons. The van der Waals surface area contributed by atoms with Gasteiger partial charge in [0.15, 0.2) is 0 Å². The number of benzene rings is 1. The Morgan fingerprint density at radius 1 is 1.31 bits per heavy atom. The second-order valence-corrected chi connectivity index (χ2v) is 13.8. The Kier molecular flexibility index (Phi) is 9.07. The highest BCUT2D eigenvalue weighted by atomic mass is 32.2. The highest BCUT2D eigenvalue weighted by molar-refractivity contribution is 8.00. The summed E-state index contributed by atoms with van der Waals surface area (Å²) in [5.74, 6) is 6.64. The molecule has 4 N–H and O–H groups in total. The van der Waals surface area contributed by atoms with Crippen molar-refractivity contribution >= 4 is 41.2 Å². The molecule has 3 aromatic rings. The number of piperidine rings is 1. The zero-order valence-electron chi connectivity index (χ0n) is 21.8. The van der Waals surface area contributed by atoms with Gasteiger partial charge >= 0.3 is 5.51 Å². The van der Waals surface area contributed by atoms with Crippen molar-refractivity contribution in [1.82, 2.24) is 14.9 Å². The van der Waals surface area contributed by atoms with Gasteiger partial charge in [0.05, 0.1) is 29.8 Å². The number of ether oxygens (including phenoxy) is 1. The first-order chi connectivity index (χ1) is 18.5. The van der Waals surface area contributed by atoms with Crippen molar-refractivity contribution in [2.75, 3.05) is 57.3 Å². The van der Waals surface area contributed by atoms with E-state index in [4.69, 9.17) is 4.74 Å². The van der Waals surface area contributed by atoms with E-state index in [-0.39, 0.29) is 53.0 Å². The number of hydrogen-bond acceptors (Lipinski definition) is 8. The number of pyridine rings is 1. The minimum atomic E-state index is -4.52. The van der Waals surface area contributed by atoms with Crippen LogP contribution >= 0.6 is 18.9 Å². The van der Waals surface area contributed by atoms with Crippen molar-refractivity contribution in [2.45, 2.75) is 22.9 Å². The van der Waals surface area contributed by atoms with Crippen molar-refractivity contribution in [3.8, 4) is 17.6 Å². The molecule has 210 valence electrons. The van der Waals surface area contributed by atoms with Gasteiger partial charge in [-0.3, -0.25) is 0 Å². The Bertz CT molecular complexity index is 1430. The molecule has 0 saturated carbocycles. The van der Waals surface area contributed by atoms with Crippen molar-refractivity contribution in [2.24, 2.45) is 5.92 Å². The lowest BCUT2D eigenvalue weighted by molar-refractivity contribution is -0.0327. The molecule has 2 atom stereocenters. The third-order valence-electron chi connectivity index (χ3n) is 6.39. The van der Waals surface area contributed by atoms with E-state index in [1.807, 2.05) is 0 Å². The summed E-state index contributed by atoms with van der Waals surface area (Å²) in [6.07, 6.45) is 0.754. The summed E-state index contributed by atoms with van der Waals surface area (Å²) in [4.78, 5) is -0.0775. The molecule has 1 aliphatic rings. The maximum Gasteiger partial charge on any atom is 0.446 e. The van der Waals surface area contributed by atoms with E-state index in [2.05, 4.69) is 32.9 Å². The molecular weight excluding hydrogens is 550 g/mol. The zero-order chi connectivity index (χ0) is 28.2. The number of alkyl halides is 3. The second-order valence-electron chi connectivity index (χ2n) is 9.51. The van der Waals surface area contributed by atoms with Crippen LogP contribution in [0.15, 0.2) is 41.3 Å². The number of halogens is 3. The third-order valence-corrected chi connectivity index (χ3v) is 8.75. The van der Waals surface area contributed by atoms with E-state index in [9.17, 15) is 22.8 Å². The summed E-state index contributed by atoms with van der Waals surface area (Å²) in [7, 11) is -0.968. The quantitative estimate of drug-likeness (QED) is 0.180. The normalized spacial score (nSPS) is 17.9. The van der Waals surface area contributed by atoms with E-state index in [0.717, 1.165) is 13.0 Å². The lowest BCUT2D eigenvalue weighted by Gasteiger charge is -2.32. The first-order valence-corrected chi connectivity index (χ1v) is 15.7. The van der Waals surface area contributed by atoms with E-state index in [0.29, 0.717) is 29.1 Å². The summed E-state index contributed by atoms with van der Waals surface area (Å²) < 4.78 is 59.7. The monoisotopic (exact) mass is 581 g/mol. The Morgan fingerprint density at radius 3 is 2.79 bits per heavy atom. The summed E-state index contributed by atoms with van der Waals surface area (Å²) in [5, 5.41) is 24.5. The summed E-state index contributed by atoms with van der Waals surface area (Å²) in [5.41, 5.74) is -3.60. The molecule has 0 bridgehead atoms. The highest BCUT2D eigenvalue weighted by Gasteiger charge is 2.33. The second kappa shape index (κ2) is 12.1. The van der Waals surface area contributed by atoms with Gasteiger partial charge in [0.1, 0.15) is 24.4 Å². The van der Waals surface area contributed by atoms with Gasteiger partial charge in [-0.15, -0.1) is 0 Å². The number of methoxy groups -OCH3 is 1. The van der Waals surface area contributed by atoms with Crippen LogP contribution < -0.4 is 26.0 Å². The van der Waals surface area contributed by atoms with Gasteiger partial charge in [0, 0.05) is 30.4 Å². The molecule has 0 spiro atoms. The number of hydrogen-bond donors (Lipinski definition) is 4. The number of aliphatic hydroxyl groups excluding tert-OH is 1. The zero-order valence-corrected chi connectivity index (χ0v) is 23.5. The molecule has 0 unspecified atom stereocenters. The molecule has 2 aromatic heterocycles. The van der Waals surface area contributed by atoms with Crippen molar-refractivity contribution in [3.05, 3.63) is 42.1 Å². The van der Waals surface area contributed by atoms with E-state index in [1.165, 1.54) is 11.6 Å². The number of nitrogens with one attached hydrogen (secondary N) is 3. The molecule has 13 heteroatoms. The Labute approximate surface area is 229 Å². The first kappa shape index (κ1) is 29.2.